The topological polar surface area (TPSA) is 77.5 Å². The van der Waals surface area contributed by atoms with E-state index in [1.54, 1.807) is 0 Å². The molecule has 1 aliphatic rings. The molecule has 1 aliphatic heterocycles. The van der Waals surface area contributed by atoms with Crippen molar-refractivity contribution in [2.24, 2.45) is 5.92 Å². The summed E-state index contributed by atoms with van der Waals surface area (Å²) >= 11 is 0. The molecule has 0 bridgehead atoms. The van der Waals surface area contributed by atoms with Crippen molar-refractivity contribution in [2.75, 3.05) is 12.0 Å². The number of carbonyl (C=O) groups is 2. The van der Waals surface area contributed by atoms with Crippen molar-refractivity contribution >= 4 is 21.8 Å². The van der Waals surface area contributed by atoms with E-state index in [-0.39, 0.29) is 12.2 Å². The summed E-state index contributed by atoms with van der Waals surface area (Å²) in [6, 6.07) is 0. The Morgan fingerprint density at radius 1 is 1.50 bits per heavy atom. The van der Waals surface area contributed by atoms with Gasteiger partial charge in [0.1, 0.15) is 9.84 Å². The molecular formula is C6H8O5S. The fourth-order valence-electron chi connectivity index (χ4n) is 1.01. The van der Waals surface area contributed by atoms with Gasteiger partial charge in [0.25, 0.3) is 0 Å². The number of rotatable bonds is 2. The van der Waals surface area contributed by atoms with E-state index in [1.807, 2.05) is 0 Å². The molecule has 0 amide bonds. The van der Waals surface area contributed by atoms with E-state index >= 15 is 0 Å². The third kappa shape index (κ3) is 2.30. The molecule has 1 saturated heterocycles. The fourth-order valence-corrected chi connectivity index (χ4v) is 2.00. The van der Waals surface area contributed by atoms with Gasteiger partial charge in [0, 0.05) is 6.26 Å². The van der Waals surface area contributed by atoms with Gasteiger partial charge in [-0.15, -0.1) is 0 Å². The average molecular weight is 192 g/mol. The first-order valence-electron chi connectivity index (χ1n) is 3.31. The van der Waals surface area contributed by atoms with Crippen LogP contribution in [0, 0.1) is 5.92 Å². The average Bonchev–Trinajstić information content (AvgIpc) is 2.06. The van der Waals surface area contributed by atoms with Gasteiger partial charge in [-0.05, 0) is 0 Å². The summed E-state index contributed by atoms with van der Waals surface area (Å²) in [6.07, 6.45) is 0.898. The molecule has 6 heteroatoms. The minimum absolute atomic E-state index is 0.119. The molecule has 1 atom stereocenters. The Morgan fingerprint density at radius 2 is 2.08 bits per heavy atom. The molecule has 0 saturated carbocycles. The highest BCUT2D eigenvalue weighted by atomic mass is 32.2. The number of sulfone groups is 1. The zero-order valence-electron chi connectivity index (χ0n) is 6.44. The molecule has 0 aromatic carbocycles. The summed E-state index contributed by atoms with van der Waals surface area (Å²) < 4.78 is 25.6. The van der Waals surface area contributed by atoms with Crippen LogP contribution in [0.1, 0.15) is 6.42 Å². The van der Waals surface area contributed by atoms with Crippen LogP contribution in [0.4, 0.5) is 0 Å². The standard InChI is InChI=1S/C6H8O5S/c1-12(9,10)3-4-2-5(7)11-6(4)8/h4H,2-3H2,1H3. The largest absolute Gasteiger partial charge is 0.393 e. The highest BCUT2D eigenvalue weighted by molar-refractivity contribution is 7.90. The molecule has 68 valence electrons. The Balaban J connectivity index is 2.67. The number of hydrogen-bond donors (Lipinski definition) is 0. The molecule has 0 spiro atoms. The highest BCUT2D eigenvalue weighted by Gasteiger charge is 2.35. The second kappa shape index (κ2) is 2.85. The molecule has 5 nitrogen and oxygen atoms in total. The van der Waals surface area contributed by atoms with Gasteiger partial charge in [-0.3, -0.25) is 9.59 Å². The Kier molecular flexibility index (Phi) is 2.18. The minimum atomic E-state index is -3.22. The SMILES string of the molecule is CS(=O)(=O)CC1CC(=O)OC1=O. The summed E-state index contributed by atoms with van der Waals surface area (Å²) in [5.74, 6) is -2.48. The molecule has 0 N–H and O–H groups in total. The Morgan fingerprint density at radius 3 is 2.42 bits per heavy atom. The molecule has 0 aromatic heterocycles. The number of ether oxygens (including phenoxy) is 1. The monoisotopic (exact) mass is 192 g/mol. The summed E-state index contributed by atoms with van der Waals surface area (Å²) in [6.45, 7) is 0. The predicted octanol–water partition coefficient (Wildman–Crippen LogP) is -0.879. The van der Waals surface area contributed by atoms with E-state index in [1.165, 1.54) is 0 Å². The molecule has 1 heterocycles. The Bertz CT molecular complexity index is 315. The van der Waals surface area contributed by atoms with Crippen molar-refractivity contribution in [1.29, 1.82) is 0 Å². The summed E-state index contributed by atoms with van der Waals surface area (Å²) in [7, 11) is -3.22. The van der Waals surface area contributed by atoms with Crippen LogP contribution in [-0.4, -0.2) is 32.4 Å². The van der Waals surface area contributed by atoms with Gasteiger partial charge in [-0.1, -0.05) is 0 Å². The first-order valence-corrected chi connectivity index (χ1v) is 5.37. The first kappa shape index (κ1) is 9.18. The number of cyclic esters (lactones) is 2. The number of hydrogen-bond acceptors (Lipinski definition) is 5. The quantitative estimate of drug-likeness (QED) is 0.419. The van der Waals surface area contributed by atoms with Crippen LogP contribution in [0.2, 0.25) is 0 Å². The lowest BCUT2D eigenvalue weighted by molar-refractivity contribution is -0.152. The second-order valence-corrected chi connectivity index (χ2v) is 4.97. The van der Waals surface area contributed by atoms with Gasteiger partial charge in [0.05, 0.1) is 18.1 Å². The van der Waals surface area contributed by atoms with Gasteiger partial charge >= 0.3 is 11.9 Å². The molecule has 1 fully saturated rings. The molecule has 12 heavy (non-hydrogen) atoms. The van der Waals surface area contributed by atoms with Crippen LogP contribution < -0.4 is 0 Å². The van der Waals surface area contributed by atoms with Gasteiger partial charge in [-0.2, -0.15) is 0 Å². The number of esters is 2. The van der Waals surface area contributed by atoms with Crippen LogP contribution in [0.3, 0.4) is 0 Å². The Labute approximate surface area is 69.6 Å². The van der Waals surface area contributed by atoms with Crippen molar-refractivity contribution in [2.45, 2.75) is 6.42 Å². The van der Waals surface area contributed by atoms with E-state index in [9.17, 15) is 18.0 Å². The first-order chi connectivity index (χ1) is 5.38. The van der Waals surface area contributed by atoms with Crippen LogP contribution in [-0.2, 0) is 24.2 Å². The Hall–Kier alpha value is -0.910. The minimum Gasteiger partial charge on any atom is -0.393 e. The van der Waals surface area contributed by atoms with Gasteiger partial charge in [0.15, 0.2) is 0 Å². The summed E-state index contributed by atoms with van der Waals surface area (Å²) in [5, 5.41) is 0. The van der Waals surface area contributed by atoms with Gasteiger partial charge in [-0.25, -0.2) is 8.42 Å². The highest BCUT2D eigenvalue weighted by Crippen LogP contribution is 2.17. The van der Waals surface area contributed by atoms with E-state index in [4.69, 9.17) is 0 Å². The zero-order chi connectivity index (χ0) is 9.35. The molecule has 0 radical (unpaired) electrons. The maximum atomic E-state index is 10.8. The second-order valence-electron chi connectivity index (χ2n) is 2.79. The smallest absolute Gasteiger partial charge is 0.318 e. The molecule has 0 aliphatic carbocycles. The molecule has 0 aromatic rings. The third-order valence-corrected chi connectivity index (χ3v) is 2.47. The molecular weight excluding hydrogens is 184 g/mol. The summed E-state index contributed by atoms with van der Waals surface area (Å²) in [4.78, 5) is 21.3. The van der Waals surface area contributed by atoms with Gasteiger partial charge in [0.2, 0.25) is 0 Å². The van der Waals surface area contributed by atoms with Crippen LogP contribution >= 0.6 is 0 Å². The lowest BCUT2D eigenvalue weighted by Crippen LogP contribution is -2.18. The number of carbonyl (C=O) groups excluding carboxylic acids is 2. The van der Waals surface area contributed by atoms with Crippen molar-refractivity contribution in [3.8, 4) is 0 Å². The van der Waals surface area contributed by atoms with Crippen molar-refractivity contribution in [3.63, 3.8) is 0 Å². The van der Waals surface area contributed by atoms with Crippen LogP contribution in [0.15, 0.2) is 0 Å². The van der Waals surface area contributed by atoms with Crippen LogP contribution in [0.5, 0.6) is 0 Å². The third-order valence-electron chi connectivity index (χ3n) is 1.46. The summed E-state index contributed by atoms with van der Waals surface area (Å²) in [5.41, 5.74) is 0. The molecule has 1 unspecified atom stereocenters. The normalized spacial score (nSPS) is 24.2. The van der Waals surface area contributed by atoms with Crippen molar-refractivity contribution in [3.05, 3.63) is 0 Å². The van der Waals surface area contributed by atoms with Gasteiger partial charge < -0.3 is 4.74 Å². The lowest BCUT2D eigenvalue weighted by Gasteiger charge is -2.00. The van der Waals surface area contributed by atoms with E-state index in [0.717, 1.165) is 6.26 Å². The zero-order valence-corrected chi connectivity index (χ0v) is 7.26. The predicted molar refractivity (Wildman–Crippen MR) is 38.9 cm³/mol. The molecule has 1 rings (SSSR count). The fraction of sp³-hybridized carbons (Fsp3) is 0.667. The lowest BCUT2D eigenvalue weighted by atomic mass is 10.1. The van der Waals surface area contributed by atoms with E-state index in [2.05, 4.69) is 4.74 Å². The van der Waals surface area contributed by atoms with E-state index in [0.29, 0.717) is 0 Å². The maximum Gasteiger partial charge on any atom is 0.318 e. The van der Waals surface area contributed by atoms with Crippen LogP contribution in [0.25, 0.3) is 0 Å². The van der Waals surface area contributed by atoms with Crippen molar-refractivity contribution in [1.82, 2.24) is 0 Å². The maximum absolute atomic E-state index is 10.8. The van der Waals surface area contributed by atoms with E-state index < -0.39 is 27.7 Å². The van der Waals surface area contributed by atoms with Crippen molar-refractivity contribution < 1.29 is 22.7 Å².